The van der Waals surface area contributed by atoms with Gasteiger partial charge in [-0.25, -0.2) is 9.69 Å². The lowest BCUT2D eigenvalue weighted by Gasteiger charge is -2.17. The zero-order chi connectivity index (χ0) is 14.7. The summed E-state index contributed by atoms with van der Waals surface area (Å²) in [6, 6.07) is 5.86. The van der Waals surface area contributed by atoms with Crippen LogP contribution in [0.15, 0.2) is 36.4 Å². The van der Waals surface area contributed by atoms with Crippen LogP contribution in [0.4, 0.5) is 5.69 Å². The number of nitrogens with zero attached hydrogens (tertiary/aromatic N) is 1. The van der Waals surface area contributed by atoms with E-state index in [2.05, 4.69) is 0 Å². The predicted molar refractivity (Wildman–Crippen MR) is 70.7 cm³/mol. The van der Waals surface area contributed by atoms with Crippen LogP contribution >= 0.6 is 0 Å². The largest absolute Gasteiger partial charge is 0.478 e. The van der Waals surface area contributed by atoms with Gasteiger partial charge in [0.05, 0.1) is 35.3 Å². The summed E-state index contributed by atoms with van der Waals surface area (Å²) in [5, 5.41) is 9.02. The van der Waals surface area contributed by atoms with Crippen LogP contribution in [0, 0.1) is 11.8 Å². The fourth-order valence-electron chi connectivity index (χ4n) is 3.34. The van der Waals surface area contributed by atoms with Crippen LogP contribution in [-0.2, 0) is 14.3 Å². The summed E-state index contributed by atoms with van der Waals surface area (Å²) in [7, 11) is 0. The molecule has 2 amide bonds. The zero-order valence-corrected chi connectivity index (χ0v) is 10.8. The van der Waals surface area contributed by atoms with Crippen molar-refractivity contribution >= 4 is 23.5 Å². The molecule has 6 nitrogen and oxygen atoms in total. The molecule has 106 valence electrons. The van der Waals surface area contributed by atoms with Gasteiger partial charge < -0.3 is 9.84 Å². The molecule has 3 aliphatic rings. The number of ether oxygens (including phenoxy) is 1. The highest BCUT2D eigenvalue weighted by Gasteiger charge is 2.61. The molecule has 4 rings (SSSR count). The lowest BCUT2D eigenvalue weighted by atomic mass is 9.85. The number of carbonyl (C=O) groups excluding carboxylic acids is 2. The number of carbonyl (C=O) groups is 3. The normalized spacial score (nSPS) is 32.9. The number of amides is 2. The average molecular weight is 285 g/mol. The number of benzene rings is 1. The Morgan fingerprint density at radius 1 is 1.10 bits per heavy atom. The minimum atomic E-state index is -1.10. The topological polar surface area (TPSA) is 83.9 Å². The van der Waals surface area contributed by atoms with E-state index in [0.717, 1.165) is 4.90 Å². The second-order valence-electron chi connectivity index (χ2n) is 5.37. The Kier molecular flexibility index (Phi) is 2.35. The van der Waals surface area contributed by atoms with Crippen molar-refractivity contribution in [3.05, 3.63) is 42.0 Å². The van der Waals surface area contributed by atoms with Gasteiger partial charge in [-0.15, -0.1) is 0 Å². The molecule has 1 aromatic carbocycles. The second-order valence-corrected chi connectivity index (χ2v) is 5.37. The number of carboxylic acid groups (broad SMARTS) is 1. The number of anilines is 1. The van der Waals surface area contributed by atoms with Gasteiger partial charge in [-0.2, -0.15) is 0 Å². The van der Waals surface area contributed by atoms with Gasteiger partial charge in [-0.3, -0.25) is 9.59 Å². The molecule has 3 aliphatic heterocycles. The summed E-state index contributed by atoms with van der Waals surface area (Å²) in [6.45, 7) is 0. The molecule has 0 spiro atoms. The van der Waals surface area contributed by atoms with Crippen LogP contribution in [0.1, 0.15) is 10.4 Å². The molecular weight excluding hydrogens is 274 g/mol. The molecule has 0 radical (unpaired) electrons. The Balaban J connectivity index is 1.74. The van der Waals surface area contributed by atoms with Gasteiger partial charge in [-0.05, 0) is 18.2 Å². The summed E-state index contributed by atoms with van der Waals surface area (Å²) < 4.78 is 5.55. The van der Waals surface area contributed by atoms with Crippen LogP contribution in [0.25, 0.3) is 0 Å². The summed E-state index contributed by atoms with van der Waals surface area (Å²) in [4.78, 5) is 37.1. The van der Waals surface area contributed by atoms with Crippen molar-refractivity contribution in [2.45, 2.75) is 12.2 Å². The lowest BCUT2D eigenvalue weighted by molar-refractivity contribution is -0.124. The van der Waals surface area contributed by atoms with E-state index >= 15 is 0 Å². The molecule has 3 heterocycles. The third-order valence-electron chi connectivity index (χ3n) is 4.26. The van der Waals surface area contributed by atoms with Gasteiger partial charge in [0.1, 0.15) is 0 Å². The van der Waals surface area contributed by atoms with E-state index in [0.29, 0.717) is 5.69 Å². The summed E-state index contributed by atoms with van der Waals surface area (Å²) in [5.74, 6) is -2.70. The third-order valence-corrected chi connectivity index (χ3v) is 4.26. The zero-order valence-electron chi connectivity index (χ0n) is 10.8. The minimum absolute atomic E-state index is 0.0440. The molecule has 6 heteroatoms. The Morgan fingerprint density at radius 2 is 1.71 bits per heavy atom. The fraction of sp³-hybridized carbons (Fsp3) is 0.267. The van der Waals surface area contributed by atoms with Crippen LogP contribution in [-0.4, -0.2) is 35.1 Å². The molecular formula is C15H11NO5. The number of hydrogen-bond acceptors (Lipinski definition) is 4. The van der Waals surface area contributed by atoms with Gasteiger partial charge in [-0.1, -0.05) is 18.2 Å². The number of hydrogen-bond donors (Lipinski definition) is 1. The number of fused-ring (bicyclic) bond motifs is 5. The van der Waals surface area contributed by atoms with Crippen molar-refractivity contribution in [2.24, 2.45) is 11.8 Å². The van der Waals surface area contributed by atoms with E-state index in [1.165, 1.54) is 18.2 Å². The first-order chi connectivity index (χ1) is 10.1. The van der Waals surface area contributed by atoms with Gasteiger partial charge in [0.15, 0.2) is 0 Å². The SMILES string of the molecule is O=C(O)c1cccc(N2C(=O)[C@H]3[C@H](C2=O)[C@H]2C=C[C@H]3O2)c1. The Labute approximate surface area is 119 Å². The van der Waals surface area contributed by atoms with E-state index in [1.54, 1.807) is 6.07 Å². The first-order valence-electron chi connectivity index (χ1n) is 6.63. The molecule has 1 aromatic rings. The van der Waals surface area contributed by atoms with Crippen molar-refractivity contribution in [3.8, 4) is 0 Å². The standard InChI is InChI=1S/C15H11NO5/c17-13-11-9-4-5-10(21-9)12(11)14(18)16(13)8-3-1-2-7(6-8)15(19)20/h1-6,9-12H,(H,19,20)/t9-,10-,11-,12-/m1/s1. The van der Waals surface area contributed by atoms with E-state index < -0.39 is 17.8 Å². The van der Waals surface area contributed by atoms with Crippen LogP contribution in [0.5, 0.6) is 0 Å². The maximum absolute atomic E-state index is 12.5. The molecule has 0 aromatic heterocycles. The van der Waals surface area contributed by atoms with Gasteiger partial charge >= 0.3 is 5.97 Å². The number of imide groups is 1. The van der Waals surface area contributed by atoms with Gasteiger partial charge in [0.2, 0.25) is 11.8 Å². The van der Waals surface area contributed by atoms with Crippen molar-refractivity contribution < 1.29 is 24.2 Å². The minimum Gasteiger partial charge on any atom is -0.478 e. The predicted octanol–water partition coefficient (Wildman–Crippen LogP) is 0.828. The molecule has 2 fully saturated rings. The van der Waals surface area contributed by atoms with E-state index in [9.17, 15) is 14.4 Å². The van der Waals surface area contributed by atoms with Crippen LogP contribution in [0.2, 0.25) is 0 Å². The van der Waals surface area contributed by atoms with Crippen LogP contribution in [0.3, 0.4) is 0 Å². The highest BCUT2D eigenvalue weighted by Crippen LogP contribution is 2.46. The molecule has 0 saturated carbocycles. The first-order valence-corrected chi connectivity index (χ1v) is 6.63. The smallest absolute Gasteiger partial charge is 0.335 e. The highest BCUT2D eigenvalue weighted by molar-refractivity contribution is 6.23. The van der Waals surface area contributed by atoms with Crippen molar-refractivity contribution in [1.29, 1.82) is 0 Å². The fourth-order valence-corrected chi connectivity index (χ4v) is 3.34. The van der Waals surface area contributed by atoms with Crippen molar-refractivity contribution in [3.63, 3.8) is 0 Å². The molecule has 1 N–H and O–H groups in total. The quantitative estimate of drug-likeness (QED) is 0.642. The average Bonchev–Trinajstić information content (AvgIpc) is 3.13. The molecule has 2 bridgehead atoms. The van der Waals surface area contributed by atoms with Gasteiger partial charge in [0, 0.05) is 0 Å². The van der Waals surface area contributed by atoms with Crippen molar-refractivity contribution in [2.75, 3.05) is 4.90 Å². The molecule has 0 aliphatic carbocycles. The molecule has 2 saturated heterocycles. The lowest BCUT2D eigenvalue weighted by Crippen LogP contribution is -2.34. The maximum Gasteiger partial charge on any atom is 0.335 e. The third kappa shape index (κ3) is 1.53. The van der Waals surface area contributed by atoms with E-state index in [1.807, 2.05) is 12.2 Å². The molecule has 4 atom stereocenters. The Hall–Kier alpha value is -2.47. The maximum atomic E-state index is 12.5. The Bertz CT molecular complexity index is 680. The van der Waals surface area contributed by atoms with Crippen molar-refractivity contribution in [1.82, 2.24) is 0 Å². The van der Waals surface area contributed by atoms with E-state index in [4.69, 9.17) is 9.84 Å². The number of rotatable bonds is 2. The summed E-state index contributed by atoms with van der Waals surface area (Å²) in [6.07, 6.45) is 2.94. The number of aromatic carboxylic acids is 1. The van der Waals surface area contributed by atoms with Crippen LogP contribution < -0.4 is 4.90 Å². The van der Waals surface area contributed by atoms with E-state index in [-0.39, 0.29) is 29.6 Å². The monoisotopic (exact) mass is 285 g/mol. The Morgan fingerprint density at radius 3 is 2.29 bits per heavy atom. The first kappa shape index (κ1) is 12.3. The van der Waals surface area contributed by atoms with Gasteiger partial charge in [0.25, 0.3) is 0 Å². The summed E-state index contributed by atoms with van der Waals surface area (Å²) >= 11 is 0. The second kappa shape index (κ2) is 4.02. The highest BCUT2D eigenvalue weighted by atomic mass is 16.5. The molecule has 0 unspecified atom stereocenters. The number of carboxylic acids is 1. The summed E-state index contributed by atoms with van der Waals surface area (Å²) in [5.41, 5.74) is 0.348. The molecule has 21 heavy (non-hydrogen) atoms.